The zero-order chi connectivity index (χ0) is 49.5. The van der Waals surface area contributed by atoms with E-state index in [9.17, 15) is 20.1 Å². The Bertz CT molecular complexity index is 2730. The first kappa shape index (κ1) is 51.0. The van der Waals surface area contributed by atoms with Crippen LogP contribution in [-0.2, 0) is 14.3 Å². The molecule has 2 heterocycles. The van der Waals surface area contributed by atoms with Crippen molar-refractivity contribution < 1.29 is 33.3 Å². The van der Waals surface area contributed by atoms with Crippen molar-refractivity contribution in [3.63, 3.8) is 0 Å². The molecule has 0 saturated heterocycles. The van der Waals surface area contributed by atoms with Gasteiger partial charge in [0.05, 0.1) is 54.9 Å². The van der Waals surface area contributed by atoms with Crippen molar-refractivity contribution in [3.8, 4) is 35.1 Å². The van der Waals surface area contributed by atoms with Gasteiger partial charge in [-0.05, 0) is 152 Å². The van der Waals surface area contributed by atoms with Crippen LogP contribution in [0.4, 0.5) is 0 Å². The minimum Gasteiger partial charge on any atom is -0.490 e. The van der Waals surface area contributed by atoms with Crippen molar-refractivity contribution in [1.82, 2.24) is 10.6 Å². The lowest BCUT2D eigenvalue weighted by atomic mass is 9.72. The molecule has 4 aliphatic rings. The van der Waals surface area contributed by atoms with E-state index in [0.29, 0.717) is 94.6 Å². The molecule has 6 atom stereocenters. The Hall–Kier alpha value is -5.83. The fourth-order valence-corrected chi connectivity index (χ4v) is 11.5. The Balaban J connectivity index is 1.22. The topological polar surface area (TPSA) is 176 Å². The lowest BCUT2D eigenvalue weighted by Gasteiger charge is -2.35. The molecule has 3 aromatic carbocycles. The highest BCUT2D eigenvalue weighted by Crippen LogP contribution is 2.49. The number of allylic oxidation sites excluding steroid dienone is 8. The number of Topliss-reactive ketones (excluding diaryl/α,β-unsaturated/α-hetero) is 2. The number of dihydropyridines is 2. The Labute approximate surface area is 422 Å². The molecule has 0 amide bonds. The Morgan fingerprint density at radius 3 is 1.54 bits per heavy atom. The quantitative estimate of drug-likeness (QED) is 0.0628. The summed E-state index contributed by atoms with van der Waals surface area (Å²) in [5.74, 6) is 1.25. The van der Waals surface area contributed by atoms with Crippen LogP contribution in [0.3, 0.4) is 0 Å². The number of hydrogen-bond donors (Lipinski definition) is 3. The van der Waals surface area contributed by atoms with E-state index in [0.717, 1.165) is 72.4 Å². The molecular formula is C55H61Br2N5O7. The molecule has 14 heteroatoms. The molecule has 0 saturated carbocycles. The predicted octanol–water partition coefficient (Wildman–Crippen LogP) is 12.8. The van der Waals surface area contributed by atoms with E-state index in [-0.39, 0.29) is 29.3 Å². The molecule has 6 unspecified atom stereocenters. The molecule has 3 N–H and O–H groups in total. The SMILES string of the molecule is CCCC1CC(=O)C2=C(C1)NC(C)=C(C#N)C2c1ccc(OC(Br)c2ccc(C(=N)OCC)cc2C(Br)Oc2ccc(C3C(C#N)=C(C)NC4=C3C(=O)CC(CCC)C4)cc2OCC)c(OCC)c1. The average Bonchev–Trinajstić information content (AvgIpc) is 3.32. The maximum Gasteiger partial charge on any atom is 0.213 e. The number of nitrogens with zero attached hydrogens (tertiary/aromatic N) is 2. The predicted molar refractivity (Wildman–Crippen MR) is 272 cm³/mol. The largest absolute Gasteiger partial charge is 0.490 e. The van der Waals surface area contributed by atoms with Gasteiger partial charge in [0.25, 0.3) is 0 Å². The summed E-state index contributed by atoms with van der Waals surface area (Å²) in [6.07, 6.45) is 6.33. The van der Waals surface area contributed by atoms with Crippen molar-refractivity contribution in [2.75, 3.05) is 19.8 Å². The standard InChI is InChI=1S/C55H61Br2N5O7/c1-8-13-32-21-41-51(43(63)23-32)49(39(28-58)30(6)61-41)34-16-19-45(47(26-34)65-10-3)68-53(56)37-18-15-36(55(60)67-12-5)25-38(37)54(57)69-46-20-17-35(27-48(46)66-11-4)50-40(29-59)31(7)62-42-22-33(14-9-2)24-44(64)52(42)50/h15-20,25-27,32-33,49-50,53-54,60-62H,8-14,21-24H2,1-7H3. The maximum absolute atomic E-state index is 13.8. The summed E-state index contributed by atoms with van der Waals surface area (Å²) >= 11 is 7.63. The van der Waals surface area contributed by atoms with Crippen LogP contribution >= 0.6 is 31.9 Å². The van der Waals surface area contributed by atoms with Crippen LogP contribution in [0.25, 0.3) is 0 Å². The molecule has 12 nitrogen and oxygen atoms in total. The number of benzene rings is 3. The van der Waals surface area contributed by atoms with Gasteiger partial charge in [-0.3, -0.25) is 15.0 Å². The number of ether oxygens (including phenoxy) is 5. The van der Waals surface area contributed by atoms with Crippen molar-refractivity contribution in [2.45, 2.75) is 122 Å². The van der Waals surface area contributed by atoms with Crippen LogP contribution in [0.5, 0.6) is 23.0 Å². The molecule has 3 aromatic rings. The van der Waals surface area contributed by atoms with Gasteiger partial charge in [-0.1, -0.05) is 44.9 Å². The molecule has 7 rings (SSSR count). The lowest BCUT2D eigenvalue weighted by molar-refractivity contribution is -0.118. The number of carbonyl (C=O) groups is 2. The van der Waals surface area contributed by atoms with Crippen molar-refractivity contribution >= 4 is 49.3 Å². The van der Waals surface area contributed by atoms with Gasteiger partial charge in [0.2, 0.25) is 5.90 Å². The molecule has 0 bridgehead atoms. The number of alkyl halides is 2. The molecular weight excluding hydrogens is 1000 g/mol. The molecule has 0 spiro atoms. The van der Waals surface area contributed by atoms with Gasteiger partial charge in [0, 0.05) is 63.5 Å². The zero-order valence-corrected chi connectivity index (χ0v) is 43.6. The molecule has 0 fully saturated rings. The van der Waals surface area contributed by atoms with E-state index >= 15 is 0 Å². The van der Waals surface area contributed by atoms with Crippen LogP contribution in [0, 0.1) is 39.9 Å². The third-order valence-corrected chi connectivity index (χ3v) is 14.6. The summed E-state index contributed by atoms with van der Waals surface area (Å²) in [4.78, 5) is 27.7. The summed E-state index contributed by atoms with van der Waals surface area (Å²) in [7, 11) is 0. The number of nitriles is 2. The smallest absolute Gasteiger partial charge is 0.213 e. The second-order valence-corrected chi connectivity index (χ2v) is 19.6. The van der Waals surface area contributed by atoms with Crippen LogP contribution in [0.15, 0.2) is 99.7 Å². The molecule has 69 heavy (non-hydrogen) atoms. The highest BCUT2D eigenvalue weighted by atomic mass is 79.9. The van der Waals surface area contributed by atoms with Crippen LogP contribution in [0.1, 0.15) is 150 Å². The van der Waals surface area contributed by atoms with Gasteiger partial charge in [0.1, 0.15) is 0 Å². The van der Waals surface area contributed by atoms with Gasteiger partial charge in [-0.15, -0.1) is 0 Å². The Morgan fingerprint density at radius 1 is 0.652 bits per heavy atom. The monoisotopic (exact) mass is 1060 g/mol. The van der Waals surface area contributed by atoms with Gasteiger partial charge < -0.3 is 34.3 Å². The van der Waals surface area contributed by atoms with Crippen LogP contribution in [0.2, 0.25) is 0 Å². The van der Waals surface area contributed by atoms with Crippen LogP contribution in [-0.4, -0.2) is 37.3 Å². The fourth-order valence-electron chi connectivity index (χ4n) is 10.3. The van der Waals surface area contributed by atoms with Crippen molar-refractivity contribution in [1.29, 1.82) is 15.9 Å². The first-order valence-corrected chi connectivity index (χ1v) is 25.9. The Kier molecular flexibility index (Phi) is 16.8. The molecule has 362 valence electrons. The number of ketones is 2. The minimum absolute atomic E-state index is 0.00859. The van der Waals surface area contributed by atoms with E-state index in [2.05, 4.69) is 68.5 Å². The number of halogens is 2. The van der Waals surface area contributed by atoms with Crippen LogP contribution < -0.4 is 29.6 Å². The first-order chi connectivity index (χ1) is 33.3. The number of hydrogen-bond acceptors (Lipinski definition) is 12. The molecule has 0 aromatic heterocycles. The summed E-state index contributed by atoms with van der Waals surface area (Å²) in [5.41, 5.74) is 8.85. The molecule has 2 aliphatic heterocycles. The van der Waals surface area contributed by atoms with E-state index < -0.39 is 21.9 Å². The summed E-state index contributed by atoms with van der Waals surface area (Å²) in [5, 5.41) is 34.7. The van der Waals surface area contributed by atoms with E-state index in [1.165, 1.54) is 0 Å². The zero-order valence-electron chi connectivity index (χ0n) is 40.4. The number of rotatable bonds is 18. The number of nitrogens with one attached hydrogen (secondary N) is 3. The Morgan fingerprint density at radius 2 is 1.12 bits per heavy atom. The summed E-state index contributed by atoms with van der Waals surface area (Å²) in [6.45, 7) is 14.6. The minimum atomic E-state index is -0.809. The van der Waals surface area contributed by atoms with Gasteiger partial charge in [-0.2, -0.15) is 10.5 Å². The highest BCUT2D eigenvalue weighted by Gasteiger charge is 2.40. The van der Waals surface area contributed by atoms with E-state index in [4.69, 9.17) is 29.1 Å². The first-order valence-electron chi connectivity index (χ1n) is 24.1. The fraction of sp³-hybridized carbons (Fsp3) is 0.436. The lowest BCUT2D eigenvalue weighted by Crippen LogP contribution is -2.34. The normalized spacial score (nSPS) is 21.0. The maximum atomic E-state index is 13.8. The van der Waals surface area contributed by atoms with E-state index in [1.54, 1.807) is 12.1 Å². The average molecular weight is 1060 g/mol. The second-order valence-electron chi connectivity index (χ2n) is 17.9. The molecule has 0 radical (unpaired) electrons. The van der Waals surface area contributed by atoms with E-state index in [1.807, 2.05) is 77.1 Å². The van der Waals surface area contributed by atoms with Crippen molar-refractivity contribution in [3.05, 3.63) is 127 Å². The highest BCUT2D eigenvalue weighted by molar-refractivity contribution is 9.09. The second kappa shape index (κ2) is 22.7. The van der Waals surface area contributed by atoms with Crippen molar-refractivity contribution in [2.24, 2.45) is 11.8 Å². The molecule has 2 aliphatic carbocycles. The number of carbonyl (C=O) groups excluding carboxylic acids is 2. The van der Waals surface area contributed by atoms with Gasteiger partial charge in [-0.25, -0.2) is 0 Å². The summed E-state index contributed by atoms with van der Waals surface area (Å²) < 4.78 is 31.4. The third-order valence-electron chi connectivity index (χ3n) is 13.2. The van der Waals surface area contributed by atoms with Gasteiger partial charge in [0.15, 0.2) is 44.6 Å². The summed E-state index contributed by atoms with van der Waals surface area (Å²) in [6, 6.07) is 21.3. The van der Waals surface area contributed by atoms with Gasteiger partial charge >= 0.3 is 0 Å². The third kappa shape index (κ3) is 10.8.